The van der Waals surface area contributed by atoms with Gasteiger partial charge in [-0.25, -0.2) is 11.0 Å². The van der Waals surface area contributed by atoms with Gasteiger partial charge in [0.1, 0.15) is 45.5 Å². The van der Waals surface area contributed by atoms with E-state index in [0.29, 0.717) is 11.4 Å². The van der Waals surface area contributed by atoms with Crippen LogP contribution in [0.3, 0.4) is 0 Å². The maximum Gasteiger partial charge on any atom is 0.216 e. The predicted molar refractivity (Wildman–Crippen MR) is 169 cm³/mol. The van der Waals surface area contributed by atoms with Crippen molar-refractivity contribution in [2.75, 3.05) is 41.5 Å². The summed E-state index contributed by atoms with van der Waals surface area (Å²) in [4.78, 5) is 26.4. The van der Waals surface area contributed by atoms with Gasteiger partial charge in [-0.05, 0) is 29.3 Å². The number of hydroxylamine groups is 2. The van der Waals surface area contributed by atoms with Crippen molar-refractivity contribution >= 4 is 11.4 Å². The van der Waals surface area contributed by atoms with Crippen molar-refractivity contribution < 1.29 is 42.4 Å². The molecule has 0 bridgehead atoms. The Hall–Kier alpha value is -4.93. The van der Waals surface area contributed by atoms with Crippen molar-refractivity contribution in [3.63, 3.8) is 0 Å². The molecule has 2 aromatic carbocycles. The van der Waals surface area contributed by atoms with E-state index in [-0.39, 0.29) is 32.3 Å². The van der Waals surface area contributed by atoms with Gasteiger partial charge in [0.15, 0.2) is 0 Å². The molecule has 0 radical (unpaired) electrons. The lowest BCUT2D eigenvalue weighted by molar-refractivity contribution is 0.0866. The first-order chi connectivity index (χ1) is 22.9. The molecule has 12 nitrogen and oxygen atoms in total. The summed E-state index contributed by atoms with van der Waals surface area (Å²) in [7, 11) is 6.27. The van der Waals surface area contributed by atoms with Crippen LogP contribution in [0.4, 0.5) is 13.2 Å². The number of pyridine rings is 2. The van der Waals surface area contributed by atoms with Gasteiger partial charge in [0.25, 0.3) is 0 Å². The summed E-state index contributed by atoms with van der Waals surface area (Å²) in [5.41, 5.74) is 9.67. The largest absolute Gasteiger partial charge is 0.473 e. The van der Waals surface area contributed by atoms with Crippen molar-refractivity contribution in [2.45, 2.75) is 13.2 Å². The number of aliphatic hydroxyl groups is 1. The molecule has 2 aromatic heterocycles. The number of nitrogens with zero attached hydrogens (tertiary/aromatic N) is 4. The Labute approximate surface area is 270 Å². The minimum absolute atomic E-state index is 0.0432. The van der Waals surface area contributed by atoms with E-state index in [1.54, 1.807) is 26.2 Å². The summed E-state index contributed by atoms with van der Waals surface area (Å²) in [5, 5.41) is 17.1. The molecule has 0 unspecified atom stereocenters. The molecule has 4 rings (SSSR count). The molecule has 0 aliphatic carbocycles. The molecule has 0 spiro atoms. The van der Waals surface area contributed by atoms with Gasteiger partial charge in [0.2, 0.25) is 23.7 Å². The minimum atomic E-state index is -0.787. The third-order valence-corrected chi connectivity index (χ3v) is 5.68. The van der Waals surface area contributed by atoms with E-state index in [2.05, 4.69) is 31.2 Å². The van der Waals surface area contributed by atoms with E-state index in [1.165, 1.54) is 26.4 Å². The third kappa shape index (κ3) is 14.4. The van der Waals surface area contributed by atoms with Crippen LogP contribution in [0.25, 0.3) is 0 Å². The first kappa shape index (κ1) is 38.3. The fourth-order valence-electron chi connectivity index (χ4n) is 3.68. The molecule has 2 heterocycles. The average Bonchev–Trinajstić information content (AvgIpc) is 3.08. The van der Waals surface area contributed by atoms with Gasteiger partial charge < -0.3 is 19.5 Å². The van der Waals surface area contributed by atoms with Gasteiger partial charge in [-0.1, -0.05) is 71.0 Å². The van der Waals surface area contributed by atoms with Gasteiger partial charge in [0.05, 0.1) is 6.61 Å². The van der Waals surface area contributed by atoms with Gasteiger partial charge in [-0.15, -0.1) is 0 Å². The number of halogens is 3. The SMILES string of the molecule is CNOC/C(=N\OC)c1ccccc1CO.CNOC/C(=N\OC)c1ccccc1COc1cccc(F)n1.Fc1cccc(F)n1. The van der Waals surface area contributed by atoms with Crippen molar-refractivity contribution in [3.8, 4) is 5.88 Å². The molecular weight excluding hydrogens is 621 g/mol. The Kier molecular flexibility index (Phi) is 18.4. The normalized spacial score (nSPS) is 11.1. The molecule has 0 fully saturated rings. The second-order valence-corrected chi connectivity index (χ2v) is 8.77. The molecule has 252 valence electrons. The van der Waals surface area contributed by atoms with Crippen LogP contribution in [0.5, 0.6) is 5.88 Å². The number of hydrogen-bond donors (Lipinski definition) is 3. The maximum atomic E-state index is 13.1. The Morgan fingerprint density at radius 1 is 0.660 bits per heavy atom. The van der Waals surface area contributed by atoms with Crippen LogP contribution in [0, 0.1) is 17.8 Å². The Balaban J connectivity index is 0.000000275. The van der Waals surface area contributed by atoms with E-state index < -0.39 is 17.8 Å². The lowest BCUT2D eigenvalue weighted by Crippen LogP contribution is -2.19. The van der Waals surface area contributed by atoms with E-state index >= 15 is 0 Å². The number of hydrogen-bond acceptors (Lipinski definition) is 12. The number of nitrogens with one attached hydrogen (secondary N) is 2. The van der Waals surface area contributed by atoms with E-state index in [9.17, 15) is 18.3 Å². The summed E-state index contributed by atoms with van der Waals surface area (Å²) in [6.45, 7) is 0.661. The molecule has 15 heteroatoms. The summed E-state index contributed by atoms with van der Waals surface area (Å²) in [6.07, 6.45) is 0. The van der Waals surface area contributed by atoms with Crippen LogP contribution in [0.1, 0.15) is 22.3 Å². The van der Waals surface area contributed by atoms with Crippen molar-refractivity contribution in [1.29, 1.82) is 0 Å². The second kappa shape index (κ2) is 22.6. The summed E-state index contributed by atoms with van der Waals surface area (Å²) < 4.78 is 42.3. The van der Waals surface area contributed by atoms with Gasteiger partial charge >= 0.3 is 0 Å². The standard InChI is InChI=1S/C16H18FN3O3.C11H16N2O3.C5H3F2N/c1-18-23-11-14(20-21-2)13-7-4-3-6-12(13)10-22-16-9-5-8-15(17)19-16;1-12-16-8-11(13-15-2)10-6-4-3-5-9(10)7-14;6-4-2-1-3-5(7)8-4/h3-9,18H,10-11H2,1-2H3;3-6,12,14H,7-8H2,1-2H3;1-3H/b20-14+;13-11+;. The maximum absolute atomic E-state index is 13.1. The quantitative estimate of drug-likeness (QED) is 0.102. The van der Waals surface area contributed by atoms with E-state index in [1.807, 2.05) is 48.5 Å². The van der Waals surface area contributed by atoms with Crippen LogP contribution >= 0.6 is 0 Å². The van der Waals surface area contributed by atoms with Gasteiger partial charge in [-0.2, -0.15) is 23.1 Å². The van der Waals surface area contributed by atoms with Crippen LogP contribution in [-0.4, -0.2) is 68.0 Å². The zero-order valence-electron chi connectivity index (χ0n) is 26.3. The Morgan fingerprint density at radius 2 is 1.13 bits per heavy atom. The van der Waals surface area contributed by atoms with Crippen LogP contribution in [-0.2, 0) is 32.6 Å². The molecule has 0 saturated heterocycles. The highest BCUT2D eigenvalue weighted by Gasteiger charge is 2.12. The molecule has 4 aromatic rings. The topological polar surface area (TPSA) is 141 Å². The van der Waals surface area contributed by atoms with Crippen molar-refractivity contribution in [2.24, 2.45) is 10.3 Å². The molecule has 0 aliphatic rings. The molecule has 0 atom stereocenters. The van der Waals surface area contributed by atoms with Crippen molar-refractivity contribution in [3.05, 3.63) is 125 Å². The van der Waals surface area contributed by atoms with Crippen LogP contribution < -0.4 is 15.7 Å². The molecule has 0 amide bonds. The average molecular weight is 659 g/mol. The van der Waals surface area contributed by atoms with Crippen LogP contribution in [0.2, 0.25) is 0 Å². The molecule has 0 saturated carbocycles. The third-order valence-electron chi connectivity index (χ3n) is 5.68. The minimum Gasteiger partial charge on any atom is -0.473 e. The first-order valence-corrected chi connectivity index (χ1v) is 13.9. The molecule has 0 aliphatic heterocycles. The lowest BCUT2D eigenvalue weighted by atomic mass is 10.0. The van der Waals surface area contributed by atoms with Gasteiger partial charge in [-0.3, -0.25) is 9.68 Å². The van der Waals surface area contributed by atoms with E-state index in [4.69, 9.17) is 24.1 Å². The number of aromatic nitrogens is 2. The number of benzene rings is 2. The molecule has 47 heavy (non-hydrogen) atoms. The van der Waals surface area contributed by atoms with Crippen LogP contribution in [0.15, 0.2) is 95.2 Å². The zero-order valence-corrected chi connectivity index (χ0v) is 26.3. The Bertz CT molecular complexity index is 1530. The first-order valence-electron chi connectivity index (χ1n) is 13.9. The second-order valence-electron chi connectivity index (χ2n) is 8.77. The monoisotopic (exact) mass is 658 g/mol. The predicted octanol–water partition coefficient (Wildman–Crippen LogP) is 4.34. The summed E-state index contributed by atoms with van der Waals surface area (Å²) in [6, 6.07) is 22.8. The number of rotatable bonds is 14. The summed E-state index contributed by atoms with van der Waals surface area (Å²) >= 11 is 0. The smallest absolute Gasteiger partial charge is 0.216 e. The zero-order chi connectivity index (χ0) is 34.3. The number of oxime groups is 2. The highest BCUT2D eigenvalue weighted by Crippen LogP contribution is 2.15. The number of aliphatic hydroxyl groups excluding tert-OH is 1. The van der Waals surface area contributed by atoms with Gasteiger partial charge in [0, 0.05) is 31.3 Å². The van der Waals surface area contributed by atoms with E-state index in [0.717, 1.165) is 34.4 Å². The molecule has 3 N–H and O–H groups in total. The lowest BCUT2D eigenvalue weighted by Gasteiger charge is -2.12. The highest BCUT2D eigenvalue weighted by molar-refractivity contribution is 6.03. The Morgan fingerprint density at radius 3 is 1.57 bits per heavy atom. The van der Waals surface area contributed by atoms with Crippen molar-refractivity contribution in [1.82, 2.24) is 20.9 Å². The molecular formula is C32H37F3N6O6. The fourth-order valence-corrected chi connectivity index (χ4v) is 3.68. The highest BCUT2D eigenvalue weighted by atomic mass is 19.1. The number of ether oxygens (including phenoxy) is 1. The summed E-state index contributed by atoms with van der Waals surface area (Å²) in [5.74, 6) is -1.94. The fraction of sp³-hybridized carbons (Fsp3) is 0.250.